The maximum Gasteiger partial charge on any atom is 0.0879 e. The van der Waals surface area contributed by atoms with Crippen molar-refractivity contribution in [2.24, 2.45) is 5.73 Å². The Labute approximate surface area is 107 Å². The van der Waals surface area contributed by atoms with Crippen LogP contribution in [0.15, 0.2) is 24.3 Å². The largest absolute Gasteiger partial charge is 0.367 e. The lowest BCUT2D eigenvalue weighted by Gasteiger charge is -2.43. The maximum absolute atomic E-state index is 5.91. The smallest absolute Gasteiger partial charge is 0.0879 e. The van der Waals surface area contributed by atoms with Gasteiger partial charge in [-0.25, -0.2) is 0 Å². The van der Waals surface area contributed by atoms with E-state index in [0.29, 0.717) is 6.54 Å². The van der Waals surface area contributed by atoms with Gasteiger partial charge in [-0.3, -0.25) is 0 Å². The van der Waals surface area contributed by atoms with E-state index < -0.39 is 0 Å². The molecule has 1 unspecified atom stereocenters. The lowest BCUT2D eigenvalue weighted by Crippen LogP contribution is -2.54. The summed E-state index contributed by atoms with van der Waals surface area (Å²) in [5.41, 5.74) is 6.72. The molecule has 0 spiro atoms. The van der Waals surface area contributed by atoms with E-state index in [1.54, 1.807) is 0 Å². The molecule has 1 aliphatic heterocycles. The van der Waals surface area contributed by atoms with Crippen LogP contribution in [0, 0.1) is 0 Å². The molecule has 3 nitrogen and oxygen atoms in total. The van der Waals surface area contributed by atoms with Crippen molar-refractivity contribution in [1.29, 1.82) is 0 Å². The molecule has 1 heterocycles. The summed E-state index contributed by atoms with van der Waals surface area (Å²) in [6.07, 6.45) is 0.0921. The highest BCUT2D eigenvalue weighted by molar-refractivity contribution is 6.30. The predicted octanol–water partition coefficient (Wildman–Crippen LogP) is 2.28. The van der Waals surface area contributed by atoms with Crippen LogP contribution in [0.3, 0.4) is 0 Å². The van der Waals surface area contributed by atoms with Gasteiger partial charge in [-0.1, -0.05) is 11.6 Å². The molecule has 1 aromatic rings. The van der Waals surface area contributed by atoms with Crippen molar-refractivity contribution in [3.05, 3.63) is 29.3 Å². The molecular weight excluding hydrogens is 236 g/mol. The van der Waals surface area contributed by atoms with Crippen molar-refractivity contribution in [1.82, 2.24) is 0 Å². The molecule has 1 fully saturated rings. The first-order valence-corrected chi connectivity index (χ1v) is 6.26. The van der Waals surface area contributed by atoms with Crippen LogP contribution in [0.25, 0.3) is 0 Å². The molecule has 94 valence electrons. The maximum atomic E-state index is 5.91. The second-order valence-electron chi connectivity index (χ2n) is 5.09. The molecule has 0 aliphatic carbocycles. The van der Waals surface area contributed by atoms with Crippen LogP contribution >= 0.6 is 11.6 Å². The summed E-state index contributed by atoms with van der Waals surface area (Å²) in [4.78, 5) is 2.30. The number of anilines is 1. The molecule has 4 heteroatoms. The second kappa shape index (κ2) is 4.84. The summed E-state index contributed by atoms with van der Waals surface area (Å²) >= 11 is 5.90. The molecule has 0 aromatic heterocycles. The van der Waals surface area contributed by atoms with Crippen molar-refractivity contribution >= 4 is 17.3 Å². The molecule has 17 heavy (non-hydrogen) atoms. The van der Waals surface area contributed by atoms with E-state index in [9.17, 15) is 0 Å². The lowest BCUT2D eigenvalue weighted by molar-refractivity contribution is -0.0788. The number of rotatable bonds is 2. The fraction of sp³-hybridized carbons (Fsp3) is 0.538. The third kappa shape index (κ3) is 3.12. The second-order valence-corrected chi connectivity index (χ2v) is 5.53. The Morgan fingerprint density at radius 2 is 2.06 bits per heavy atom. The average molecular weight is 255 g/mol. The van der Waals surface area contributed by atoms with E-state index in [-0.39, 0.29) is 11.7 Å². The Balaban J connectivity index is 2.17. The minimum absolute atomic E-state index is 0.0921. The van der Waals surface area contributed by atoms with E-state index in [2.05, 4.69) is 18.7 Å². The molecule has 1 saturated heterocycles. The van der Waals surface area contributed by atoms with Crippen LogP contribution in [0.1, 0.15) is 13.8 Å². The van der Waals surface area contributed by atoms with Crippen molar-refractivity contribution in [2.75, 3.05) is 24.5 Å². The lowest BCUT2D eigenvalue weighted by atomic mass is 10.0. The van der Waals surface area contributed by atoms with Gasteiger partial charge < -0.3 is 15.4 Å². The predicted molar refractivity (Wildman–Crippen MR) is 71.7 cm³/mol. The number of ether oxygens (including phenoxy) is 1. The van der Waals surface area contributed by atoms with Crippen LogP contribution in [-0.2, 0) is 4.74 Å². The SMILES string of the molecule is CC1(C)CN(c2ccc(Cl)cc2)CC(CN)O1. The number of hydrogen-bond acceptors (Lipinski definition) is 3. The van der Waals surface area contributed by atoms with E-state index in [1.165, 1.54) is 5.69 Å². The minimum atomic E-state index is -0.165. The van der Waals surface area contributed by atoms with Crippen LogP contribution in [0.4, 0.5) is 5.69 Å². The molecule has 1 atom stereocenters. The van der Waals surface area contributed by atoms with Crippen molar-refractivity contribution in [2.45, 2.75) is 25.6 Å². The number of benzene rings is 1. The summed E-state index contributed by atoms with van der Waals surface area (Å²) in [7, 11) is 0. The van der Waals surface area contributed by atoms with Crippen molar-refractivity contribution in [3.8, 4) is 0 Å². The Hall–Kier alpha value is -0.770. The van der Waals surface area contributed by atoms with E-state index in [4.69, 9.17) is 22.1 Å². The van der Waals surface area contributed by atoms with Crippen molar-refractivity contribution in [3.63, 3.8) is 0 Å². The van der Waals surface area contributed by atoms with Gasteiger partial charge in [0.2, 0.25) is 0 Å². The molecule has 0 radical (unpaired) electrons. The Bertz CT molecular complexity index is 378. The molecular formula is C13H19ClN2O. The number of nitrogens with zero attached hydrogens (tertiary/aromatic N) is 1. The molecule has 2 N–H and O–H groups in total. The number of nitrogens with two attached hydrogens (primary N) is 1. The quantitative estimate of drug-likeness (QED) is 0.880. The summed E-state index contributed by atoms with van der Waals surface area (Å²) < 4.78 is 5.91. The third-order valence-electron chi connectivity index (χ3n) is 2.94. The first-order chi connectivity index (χ1) is 8.00. The molecule has 1 aromatic carbocycles. The zero-order valence-corrected chi connectivity index (χ0v) is 11.1. The highest BCUT2D eigenvalue weighted by Crippen LogP contribution is 2.26. The molecule has 2 rings (SSSR count). The van der Waals surface area contributed by atoms with Crippen molar-refractivity contribution < 1.29 is 4.74 Å². The van der Waals surface area contributed by atoms with Gasteiger partial charge in [-0.05, 0) is 38.1 Å². The van der Waals surface area contributed by atoms with Crippen LogP contribution in [0.5, 0.6) is 0 Å². The number of hydrogen-bond donors (Lipinski definition) is 1. The van der Waals surface area contributed by atoms with Gasteiger partial charge in [0.1, 0.15) is 0 Å². The van der Waals surface area contributed by atoms with E-state index >= 15 is 0 Å². The Kier molecular flexibility index (Phi) is 3.61. The summed E-state index contributed by atoms with van der Waals surface area (Å²) in [6.45, 7) is 6.44. The van der Waals surface area contributed by atoms with E-state index in [0.717, 1.165) is 18.1 Å². The molecule has 0 saturated carbocycles. The highest BCUT2D eigenvalue weighted by atomic mass is 35.5. The standard InChI is InChI=1S/C13H19ClN2O/c1-13(2)9-16(8-12(7-15)17-13)11-5-3-10(14)4-6-11/h3-6,12H,7-9,15H2,1-2H3. The number of morpholine rings is 1. The molecule has 1 aliphatic rings. The highest BCUT2D eigenvalue weighted by Gasteiger charge is 2.32. The third-order valence-corrected chi connectivity index (χ3v) is 3.19. The molecule has 0 bridgehead atoms. The molecule has 0 amide bonds. The van der Waals surface area contributed by atoms with Crippen LogP contribution < -0.4 is 10.6 Å². The van der Waals surface area contributed by atoms with Gasteiger partial charge in [0.05, 0.1) is 11.7 Å². The average Bonchev–Trinajstić information content (AvgIpc) is 2.27. The number of halogens is 1. The van der Waals surface area contributed by atoms with E-state index in [1.807, 2.05) is 24.3 Å². The monoisotopic (exact) mass is 254 g/mol. The Morgan fingerprint density at radius 3 is 2.65 bits per heavy atom. The summed E-state index contributed by atoms with van der Waals surface area (Å²) in [5.74, 6) is 0. The van der Waals surface area contributed by atoms with Crippen LogP contribution in [-0.4, -0.2) is 31.3 Å². The van der Waals surface area contributed by atoms with Gasteiger partial charge in [0, 0.05) is 30.3 Å². The van der Waals surface area contributed by atoms with Gasteiger partial charge >= 0.3 is 0 Å². The first kappa shape index (κ1) is 12.7. The topological polar surface area (TPSA) is 38.5 Å². The van der Waals surface area contributed by atoms with Gasteiger partial charge in [0.25, 0.3) is 0 Å². The zero-order chi connectivity index (χ0) is 12.5. The summed E-state index contributed by atoms with van der Waals surface area (Å²) in [6, 6.07) is 7.90. The summed E-state index contributed by atoms with van der Waals surface area (Å²) in [5, 5.41) is 0.761. The fourth-order valence-electron chi connectivity index (χ4n) is 2.27. The zero-order valence-electron chi connectivity index (χ0n) is 10.3. The Morgan fingerprint density at radius 1 is 1.41 bits per heavy atom. The minimum Gasteiger partial charge on any atom is -0.367 e. The van der Waals surface area contributed by atoms with Gasteiger partial charge in [0.15, 0.2) is 0 Å². The fourth-order valence-corrected chi connectivity index (χ4v) is 2.39. The van der Waals surface area contributed by atoms with Gasteiger partial charge in [-0.2, -0.15) is 0 Å². The van der Waals surface area contributed by atoms with Crippen LogP contribution in [0.2, 0.25) is 5.02 Å². The normalized spacial score (nSPS) is 23.8. The first-order valence-electron chi connectivity index (χ1n) is 5.88. The van der Waals surface area contributed by atoms with Gasteiger partial charge in [-0.15, -0.1) is 0 Å².